The van der Waals surface area contributed by atoms with Crippen LogP contribution in [0, 0.1) is 0 Å². The van der Waals surface area contributed by atoms with Crippen molar-refractivity contribution in [1.82, 2.24) is 5.32 Å². The molecule has 4 heteroatoms. The monoisotopic (exact) mass is 218 g/mol. The summed E-state index contributed by atoms with van der Waals surface area (Å²) in [5.41, 5.74) is 7.06. The van der Waals surface area contributed by atoms with Crippen molar-refractivity contribution in [3.8, 4) is 5.75 Å². The number of nitrogens with two attached hydrogens (primary N) is 1. The van der Waals surface area contributed by atoms with Gasteiger partial charge in [-0.05, 0) is 24.3 Å². The fourth-order valence-corrected chi connectivity index (χ4v) is 1.51. The molecule has 0 radical (unpaired) electrons. The third-order valence-corrected chi connectivity index (χ3v) is 2.37. The van der Waals surface area contributed by atoms with Crippen molar-refractivity contribution in [2.75, 3.05) is 5.73 Å². The molecule has 0 saturated heterocycles. The molecule has 0 aliphatic heterocycles. The van der Waals surface area contributed by atoms with E-state index >= 15 is 0 Å². The van der Waals surface area contributed by atoms with Crippen molar-refractivity contribution in [2.45, 2.75) is 13.1 Å². The second kappa shape index (κ2) is 4.72. The lowest BCUT2D eigenvalue weighted by Gasteiger charge is -2.08. The Bertz CT molecular complexity index is 432. The van der Waals surface area contributed by atoms with E-state index in [2.05, 4.69) is 5.32 Å². The summed E-state index contributed by atoms with van der Waals surface area (Å²) in [6.07, 6.45) is 1.63. The molecule has 0 saturated carbocycles. The maximum Gasteiger partial charge on any atom is 0.122 e. The number of benzene rings is 1. The largest absolute Gasteiger partial charge is 0.508 e. The highest BCUT2D eigenvalue weighted by Crippen LogP contribution is 2.22. The summed E-state index contributed by atoms with van der Waals surface area (Å²) in [6, 6.07) is 8.84. The fraction of sp³-hybridized carbons (Fsp3) is 0.167. The number of phenols is 1. The van der Waals surface area contributed by atoms with Gasteiger partial charge in [0, 0.05) is 17.8 Å². The van der Waals surface area contributed by atoms with Gasteiger partial charge in [0.25, 0.3) is 0 Å². The summed E-state index contributed by atoms with van der Waals surface area (Å²) >= 11 is 0. The SMILES string of the molecule is Nc1cccc(O)c1CNCc1ccco1. The van der Waals surface area contributed by atoms with Crippen molar-refractivity contribution in [2.24, 2.45) is 0 Å². The third-order valence-electron chi connectivity index (χ3n) is 2.37. The van der Waals surface area contributed by atoms with E-state index in [1.807, 2.05) is 12.1 Å². The number of nitrogen functional groups attached to an aromatic ring is 1. The molecule has 84 valence electrons. The molecule has 0 amide bonds. The van der Waals surface area contributed by atoms with Gasteiger partial charge in [0.05, 0.1) is 12.8 Å². The van der Waals surface area contributed by atoms with Crippen LogP contribution in [0.15, 0.2) is 41.0 Å². The molecule has 0 spiro atoms. The zero-order chi connectivity index (χ0) is 11.4. The number of rotatable bonds is 4. The van der Waals surface area contributed by atoms with E-state index in [4.69, 9.17) is 10.2 Å². The molecule has 1 heterocycles. The number of hydrogen-bond donors (Lipinski definition) is 3. The van der Waals surface area contributed by atoms with Gasteiger partial charge in [-0.3, -0.25) is 0 Å². The van der Waals surface area contributed by atoms with Gasteiger partial charge in [-0.2, -0.15) is 0 Å². The fourth-order valence-electron chi connectivity index (χ4n) is 1.51. The molecule has 2 rings (SSSR count). The Morgan fingerprint density at radius 1 is 1.19 bits per heavy atom. The number of aromatic hydroxyl groups is 1. The van der Waals surface area contributed by atoms with Crippen LogP contribution in [0.25, 0.3) is 0 Å². The molecule has 0 aliphatic carbocycles. The van der Waals surface area contributed by atoms with Crippen LogP contribution in [0.1, 0.15) is 11.3 Å². The minimum atomic E-state index is 0.215. The van der Waals surface area contributed by atoms with Crippen LogP contribution in [0.5, 0.6) is 5.75 Å². The van der Waals surface area contributed by atoms with Gasteiger partial charge in [-0.1, -0.05) is 6.07 Å². The molecular formula is C12H14N2O2. The minimum Gasteiger partial charge on any atom is -0.508 e. The van der Waals surface area contributed by atoms with Crippen LogP contribution in [-0.2, 0) is 13.1 Å². The number of phenolic OH excluding ortho intramolecular Hbond substituents is 1. The number of anilines is 1. The molecule has 16 heavy (non-hydrogen) atoms. The van der Waals surface area contributed by atoms with E-state index < -0.39 is 0 Å². The van der Waals surface area contributed by atoms with Crippen LogP contribution in [-0.4, -0.2) is 5.11 Å². The van der Waals surface area contributed by atoms with Crippen LogP contribution in [0.2, 0.25) is 0 Å². The Morgan fingerprint density at radius 2 is 2.06 bits per heavy atom. The first-order chi connectivity index (χ1) is 7.77. The zero-order valence-electron chi connectivity index (χ0n) is 8.81. The molecule has 1 aromatic heterocycles. The van der Waals surface area contributed by atoms with E-state index in [9.17, 15) is 5.11 Å². The minimum absolute atomic E-state index is 0.215. The number of furan rings is 1. The van der Waals surface area contributed by atoms with E-state index in [0.29, 0.717) is 24.3 Å². The van der Waals surface area contributed by atoms with E-state index in [1.165, 1.54) is 0 Å². The predicted octanol–water partition coefficient (Wildman–Crippen LogP) is 1.86. The highest BCUT2D eigenvalue weighted by molar-refractivity contribution is 5.53. The smallest absolute Gasteiger partial charge is 0.122 e. The summed E-state index contributed by atoms with van der Waals surface area (Å²) < 4.78 is 5.18. The Morgan fingerprint density at radius 3 is 2.75 bits per heavy atom. The molecule has 0 aliphatic rings. The quantitative estimate of drug-likeness (QED) is 0.685. The van der Waals surface area contributed by atoms with Gasteiger partial charge in [0.2, 0.25) is 0 Å². The predicted molar refractivity (Wildman–Crippen MR) is 61.8 cm³/mol. The topological polar surface area (TPSA) is 71.4 Å². The first-order valence-corrected chi connectivity index (χ1v) is 5.07. The second-order valence-corrected chi connectivity index (χ2v) is 3.53. The Labute approximate surface area is 93.7 Å². The summed E-state index contributed by atoms with van der Waals surface area (Å²) in [5.74, 6) is 1.07. The molecular weight excluding hydrogens is 204 g/mol. The van der Waals surface area contributed by atoms with Crippen molar-refractivity contribution in [1.29, 1.82) is 0 Å². The average Bonchev–Trinajstić information content (AvgIpc) is 2.75. The van der Waals surface area contributed by atoms with Crippen LogP contribution >= 0.6 is 0 Å². The van der Waals surface area contributed by atoms with Gasteiger partial charge < -0.3 is 20.6 Å². The summed E-state index contributed by atoms with van der Waals surface area (Å²) in [4.78, 5) is 0. The Balaban J connectivity index is 1.95. The van der Waals surface area contributed by atoms with Crippen molar-refractivity contribution < 1.29 is 9.52 Å². The van der Waals surface area contributed by atoms with Gasteiger partial charge >= 0.3 is 0 Å². The molecule has 4 N–H and O–H groups in total. The van der Waals surface area contributed by atoms with E-state index in [0.717, 1.165) is 5.76 Å². The summed E-state index contributed by atoms with van der Waals surface area (Å²) in [5, 5.41) is 12.8. The van der Waals surface area contributed by atoms with Crippen LogP contribution < -0.4 is 11.1 Å². The first kappa shape index (κ1) is 10.6. The summed E-state index contributed by atoms with van der Waals surface area (Å²) in [7, 11) is 0. The van der Waals surface area contributed by atoms with Crippen molar-refractivity contribution in [3.63, 3.8) is 0 Å². The molecule has 4 nitrogen and oxygen atoms in total. The molecule has 0 unspecified atom stereocenters. The highest BCUT2D eigenvalue weighted by Gasteiger charge is 2.04. The lowest BCUT2D eigenvalue weighted by atomic mass is 10.1. The van der Waals surface area contributed by atoms with Crippen LogP contribution in [0.3, 0.4) is 0 Å². The lowest BCUT2D eigenvalue weighted by Crippen LogP contribution is -2.13. The van der Waals surface area contributed by atoms with Gasteiger partial charge in [0.15, 0.2) is 0 Å². The van der Waals surface area contributed by atoms with E-state index in [-0.39, 0.29) is 5.75 Å². The normalized spacial score (nSPS) is 10.5. The first-order valence-electron chi connectivity index (χ1n) is 5.07. The lowest BCUT2D eigenvalue weighted by molar-refractivity contribution is 0.457. The zero-order valence-corrected chi connectivity index (χ0v) is 8.81. The van der Waals surface area contributed by atoms with Crippen molar-refractivity contribution >= 4 is 5.69 Å². The maximum atomic E-state index is 9.61. The van der Waals surface area contributed by atoms with Gasteiger partial charge in [0.1, 0.15) is 11.5 Å². The maximum absolute atomic E-state index is 9.61. The summed E-state index contributed by atoms with van der Waals surface area (Å²) in [6.45, 7) is 1.12. The van der Waals surface area contributed by atoms with Crippen LogP contribution in [0.4, 0.5) is 5.69 Å². The molecule has 0 bridgehead atoms. The average molecular weight is 218 g/mol. The standard InChI is InChI=1S/C12H14N2O2/c13-11-4-1-5-12(15)10(11)8-14-7-9-3-2-6-16-9/h1-6,14-15H,7-8,13H2. The van der Waals surface area contributed by atoms with Gasteiger partial charge in [-0.15, -0.1) is 0 Å². The van der Waals surface area contributed by atoms with Crippen molar-refractivity contribution in [3.05, 3.63) is 47.9 Å². The number of nitrogens with one attached hydrogen (secondary N) is 1. The molecule has 0 atom stereocenters. The van der Waals surface area contributed by atoms with Gasteiger partial charge in [-0.25, -0.2) is 0 Å². The molecule has 2 aromatic rings. The Kier molecular flexibility index (Phi) is 3.12. The highest BCUT2D eigenvalue weighted by atomic mass is 16.3. The third kappa shape index (κ3) is 2.35. The van der Waals surface area contributed by atoms with E-state index in [1.54, 1.807) is 24.5 Å². The molecule has 0 fully saturated rings. The second-order valence-electron chi connectivity index (χ2n) is 3.53. The Hall–Kier alpha value is -1.94. The number of hydrogen-bond acceptors (Lipinski definition) is 4. The molecule has 1 aromatic carbocycles.